The number of rotatable bonds is 0. The van der Waals surface area contributed by atoms with Gasteiger partial charge in [0.1, 0.15) is 5.82 Å². The van der Waals surface area contributed by atoms with Crippen molar-refractivity contribution in [3.05, 3.63) is 28.5 Å². The van der Waals surface area contributed by atoms with Gasteiger partial charge in [-0.1, -0.05) is 15.9 Å². The van der Waals surface area contributed by atoms with E-state index in [1.54, 1.807) is 0 Å². The van der Waals surface area contributed by atoms with Crippen LogP contribution in [0.1, 0.15) is 12.7 Å². The first-order valence-electron chi connectivity index (χ1n) is 5.62. The highest BCUT2D eigenvalue weighted by Gasteiger charge is 2.16. The quantitative estimate of drug-likeness (QED) is 0.802. The zero-order valence-electron chi connectivity index (χ0n) is 9.20. The van der Waals surface area contributed by atoms with Gasteiger partial charge in [0.15, 0.2) is 0 Å². The first-order valence-corrected chi connectivity index (χ1v) is 6.41. The number of nitrogens with zero attached hydrogens (tertiary/aromatic N) is 2. The third-order valence-corrected chi connectivity index (χ3v) is 3.60. The molecule has 0 bridgehead atoms. The summed E-state index contributed by atoms with van der Waals surface area (Å²) in [5, 5.41) is 3.48. The standard InChI is InChI=1S/C12H14BrN3/c1-8-6-12-15-10-7-9(13)2-3-11(10)16(12)5-4-14-8/h2-3,7-8,14H,4-6H2,1H3. The average Bonchev–Trinajstić information content (AvgIpc) is 2.44. The molecule has 0 aliphatic carbocycles. The molecule has 16 heavy (non-hydrogen) atoms. The Kier molecular flexibility index (Phi) is 2.48. The summed E-state index contributed by atoms with van der Waals surface area (Å²) < 4.78 is 3.43. The summed E-state index contributed by atoms with van der Waals surface area (Å²) in [6.07, 6.45) is 1.01. The molecule has 1 atom stereocenters. The molecule has 1 N–H and O–H groups in total. The summed E-state index contributed by atoms with van der Waals surface area (Å²) in [6.45, 7) is 4.25. The molecule has 0 spiro atoms. The van der Waals surface area contributed by atoms with E-state index in [-0.39, 0.29) is 0 Å². The van der Waals surface area contributed by atoms with E-state index in [9.17, 15) is 0 Å². The fraction of sp³-hybridized carbons (Fsp3) is 0.417. The van der Waals surface area contributed by atoms with Crippen LogP contribution < -0.4 is 5.32 Å². The zero-order chi connectivity index (χ0) is 11.1. The second kappa shape index (κ2) is 3.86. The summed E-state index contributed by atoms with van der Waals surface area (Å²) >= 11 is 3.49. The van der Waals surface area contributed by atoms with E-state index in [0.717, 1.165) is 29.5 Å². The SMILES string of the molecule is CC1Cc2nc3cc(Br)ccc3n2CCN1. The van der Waals surface area contributed by atoms with Crippen LogP contribution in [0.25, 0.3) is 11.0 Å². The molecule has 2 heterocycles. The van der Waals surface area contributed by atoms with Crippen molar-refractivity contribution in [3.8, 4) is 0 Å². The fourth-order valence-electron chi connectivity index (χ4n) is 2.33. The fourth-order valence-corrected chi connectivity index (χ4v) is 2.68. The third kappa shape index (κ3) is 1.66. The van der Waals surface area contributed by atoms with E-state index in [1.807, 2.05) is 0 Å². The van der Waals surface area contributed by atoms with Gasteiger partial charge >= 0.3 is 0 Å². The third-order valence-electron chi connectivity index (χ3n) is 3.11. The molecule has 0 radical (unpaired) electrons. The van der Waals surface area contributed by atoms with Gasteiger partial charge in [-0.25, -0.2) is 4.98 Å². The van der Waals surface area contributed by atoms with Gasteiger partial charge in [-0.3, -0.25) is 0 Å². The maximum absolute atomic E-state index is 4.72. The molecular formula is C12H14BrN3. The number of aromatic nitrogens is 2. The van der Waals surface area contributed by atoms with Gasteiger partial charge in [-0.2, -0.15) is 0 Å². The largest absolute Gasteiger partial charge is 0.327 e. The molecule has 1 aromatic heterocycles. The Morgan fingerprint density at radius 2 is 2.38 bits per heavy atom. The molecule has 2 aromatic rings. The minimum absolute atomic E-state index is 0.515. The van der Waals surface area contributed by atoms with E-state index < -0.39 is 0 Å². The maximum atomic E-state index is 4.72. The molecule has 1 unspecified atom stereocenters. The van der Waals surface area contributed by atoms with E-state index in [2.05, 4.69) is 50.9 Å². The van der Waals surface area contributed by atoms with Crippen LogP contribution in [0.3, 0.4) is 0 Å². The van der Waals surface area contributed by atoms with Gasteiger partial charge in [0.25, 0.3) is 0 Å². The van der Waals surface area contributed by atoms with Gasteiger partial charge in [-0.15, -0.1) is 0 Å². The van der Waals surface area contributed by atoms with Crippen LogP contribution in [0.15, 0.2) is 22.7 Å². The monoisotopic (exact) mass is 279 g/mol. The number of hydrogen-bond donors (Lipinski definition) is 1. The topological polar surface area (TPSA) is 29.9 Å². The lowest BCUT2D eigenvalue weighted by Gasteiger charge is -2.06. The van der Waals surface area contributed by atoms with Gasteiger partial charge in [-0.05, 0) is 25.1 Å². The zero-order valence-corrected chi connectivity index (χ0v) is 10.8. The molecule has 0 fully saturated rings. The molecule has 1 aliphatic heterocycles. The molecule has 0 saturated carbocycles. The highest BCUT2D eigenvalue weighted by Crippen LogP contribution is 2.22. The van der Waals surface area contributed by atoms with Crippen LogP contribution >= 0.6 is 15.9 Å². The van der Waals surface area contributed by atoms with Crippen LogP contribution in [0, 0.1) is 0 Å². The number of imidazole rings is 1. The first kappa shape index (κ1) is 10.3. The van der Waals surface area contributed by atoms with Crippen molar-refractivity contribution in [2.45, 2.75) is 25.9 Å². The van der Waals surface area contributed by atoms with Crippen molar-refractivity contribution in [1.29, 1.82) is 0 Å². The van der Waals surface area contributed by atoms with E-state index >= 15 is 0 Å². The summed E-state index contributed by atoms with van der Waals surface area (Å²) in [6, 6.07) is 6.83. The smallest absolute Gasteiger partial charge is 0.111 e. The highest BCUT2D eigenvalue weighted by atomic mass is 79.9. The van der Waals surface area contributed by atoms with Crippen molar-refractivity contribution < 1.29 is 0 Å². The maximum Gasteiger partial charge on any atom is 0.111 e. The molecule has 1 aromatic carbocycles. The Balaban J connectivity index is 2.18. The summed E-state index contributed by atoms with van der Waals surface area (Å²) in [7, 11) is 0. The van der Waals surface area contributed by atoms with E-state index in [0.29, 0.717) is 6.04 Å². The summed E-state index contributed by atoms with van der Waals surface area (Å²) in [5.41, 5.74) is 2.34. The average molecular weight is 280 g/mol. The highest BCUT2D eigenvalue weighted by molar-refractivity contribution is 9.10. The van der Waals surface area contributed by atoms with Crippen LogP contribution in [0.2, 0.25) is 0 Å². The predicted octanol–water partition coefficient (Wildman–Crippen LogP) is 2.33. The van der Waals surface area contributed by atoms with Crippen molar-refractivity contribution >= 4 is 27.0 Å². The summed E-state index contributed by atoms with van der Waals surface area (Å²) in [4.78, 5) is 4.72. The van der Waals surface area contributed by atoms with Gasteiger partial charge < -0.3 is 9.88 Å². The molecule has 4 heteroatoms. The second-order valence-corrected chi connectivity index (χ2v) is 5.29. The Labute approximate surface area is 103 Å². The van der Waals surface area contributed by atoms with Crippen LogP contribution in [0.5, 0.6) is 0 Å². The molecule has 0 saturated heterocycles. The van der Waals surface area contributed by atoms with Crippen LogP contribution in [0.4, 0.5) is 0 Å². The molecule has 84 valence electrons. The molecular weight excluding hydrogens is 266 g/mol. The molecule has 0 amide bonds. The van der Waals surface area contributed by atoms with Crippen molar-refractivity contribution in [3.63, 3.8) is 0 Å². The number of fused-ring (bicyclic) bond motifs is 3. The number of hydrogen-bond acceptors (Lipinski definition) is 2. The number of nitrogens with one attached hydrogen (secondary N) is 1. The van der Waals surface area contributed by atoms with Gasteiger partial charge in [0, 0.05) is 30.0 Å². The lowest BCUT2D eigenvalue weighted by Crippen LogP contribution is -2.27. The Hall–Kier alpha value is -0.870. The second-order valence-electron chi connectivity index (χ2n) is 4.37. The first-order chi connectivity index (χ1) is 7.74. The normalized spacial score (nSPS) is 20.8. The van der Waals surface area contributed by atoms with Gasteiger partial charge in [0.05, 0.1) is 11.0 Å². The lowest BCUT2D eigenvalue weighted by atomic mass is 10.2. The van der Waals surface area contributed by atoms with Crippen molar-refractivity contribution in [2.24, 2.45) is 0 Å². The van der Waals surface area contributed by atoms with Crippen LogP contribution in [-0.2, 0) is 13.0 Å². The molecule has 3 nitrogen and oxygen atoms in total. The van der Waals surface area contributed by atoms with Gasteiger partial charge in [0.2, 0.25) is 0 Å². The lowest BCUT2D eigenvalue weighted by molar-refractivity contribution is 0.558. The van der Waals surface area contributed by atoms with Crippen LogP contribution in [-0.4, -0.2) is 22.1 Å². The minimum atomic E-state index is 0.515. The summed E-state index contributed by atoms with van der Waals surface area (Å²) in [5.74, 6) is 1.20. The molecule has 3 rings (SSSR count). The van der Waals surface area contributed by atoms with E-state index in [1.165, 1.54) is 11.3 Å². The number of benzene rings is 1. The van der Waals surface area contributed by atoms with Crippen molar-refractivity contribution in [1.82, 2.24) is 14.9 Å². The van der Waals surface area contributed by atoms with Crippen molar-refractivity contribution in [2.75, 3.05) is 6.54 Å². The number of halogens is 1. The Morgan fingerprint density at radius 3 is 3.25 bits per heavy atom. The molecule has 1 aliphatic rings. The van der Waals surface area contributed by atoms with E-state index in [4.69, 9.17) is 4.98 Å². The minimum Gasteiger partial charge on any atom is -0.327 e. The predicted molar refractivity (Wildman–Crippen MR) is 68.6 cm³/mol. The Bertz CT molecular complexity index is 532. The Morgan fingerprint density at radius 1 is 1.50 bits per heavy atom.